The van der Waals surface area contributed by atoms with Gasteiger partial charge in [0.15, 0.2) is 0 Å². The molecule has 3 heterocycles. The number of imidazole rings is 1. The lowest BCUT2D eigenvalue weighted by Crippen LogP contribution is -2.05. The van der Waals surface area contributed by atoms with E-state index in [0.717, 1.165) is 0 Å². The van der Waals surface area contributed by atoms with Gasteiger partial charge in [0.25, 0.3) is 4.96 Å². The summed E-state index contributed by atoms with van der Waals surface area (Å²) < 4.78 is 14.2. The van der Waals surface area contributed by atoms with E-state index in [1.165, 1.54) is 32.9 Å². The van der Waals surface area contributed by atoms with Crippen LogP contribution in [-0.4, -0.2) is 39.5 Å². The van der Waals surface area contributed by atoms with E-state index >= 15 is 0 Å². The van der Waals surface area contributed by atoms with Crippen molar-refractivity contribution in [3.8, 4) is 5.82 Å². The summed E-state index contributed by atoms with van der Waals surface area (Å²) in [7, 11) is -1.42. The van der Waals surface area contributed by atoms with Crippen LogP contribution < -0.4 is 0 Å². The number of rotatable bonds is 3. The molecule has 3 rings (SSSR count). The molecule has 3 aromatic heterocycles. The van der Waals surface area contributed by atoms with Crippen molar-refractivity contribution in [1.82, 2.24) is 24.1 Å². The van der Waals surface area contributed by atoms with Gasteiger partial charge in [0.2, 0.25) is 11.0 Å². The van der Waals surface area contributed by atoms with Crippen LogP contribution in [0.25, 0.3) is 10.8 Å². The maximum Gasteiger partial charge on any atom is 0.373 e. The van der Waals surface area contributed by atoms with Crippen LogP contribution in [0.5, 0.6) is 0 Å². The molecular weight excluding hydrogens is 292 g/mol. The first-order valence-electron chi connectivity index (χ1n) is 4.93. The summed E-state index contributed by atoms with van der Waals surface area (Å²) in [6.45, 7) is 0. The van der Waals surface area contributed by atoms with Crippen molar-refractivity contribution in [2.24, 2.45) is 0 Å². The maximum absolute atomic E-state index is 11.5. The van der Waals surface area contributed by atoms with Crippen molar-refractivity contribution in [2.45, 2.75) is 5.16 Å². The molecule has 0 amide bonds. The molecular formula is C8H6N6O3S2. The van der Waals surface area contributed by atoms with E-state index in [0.29, 0.717) is 4.96 Å². The minimum atomic E-state index is -1.42. The van der Waals surface area contributed by atoms with Crippen molar-refractivity contribution >= 4 is 32.9 Å². The Morgan fingerprint density at radius 3 is 3.00 bits per heavy atom. The molecule has 11 heteroatoms. The Hall–Kier alpha value is -2.14. The molecule has 3 aromatic rings. The molecule has 0 bridgehead atoms. The lowest BCUT2D eigenvalue weighted by atomic mass is 10.6. The molecule has 19 heavy (non-hydrogen) atoms. The van der Waals surface area contributed by atoms with E-state index in [2.05, 4.69) is 15.2 Å². The monoisotopic (exact) mass is 298 g/mol. The van der Waals surface area contributed by atoms with E-state index in [1.807, 2.05) is 0 Å². The largest absolute Gasteiger partial charge is 0.373 e. The van der Waals surface area contributed by atoms with Gasteiger partial charge < -0.3 is 10.1 Å². The normalized spacial score (nSPS) is 12.9. The summed E-state index contributed by atoms with van der Waals surface area (Å²) in [5.74, 6) is -0.144. The Labute approximate surface area is 112 Å². The highest BCUT2D eigenvalue weighted by Gasteiger charge is 2.27. The number of nitrogens with zero attached hydrogens (tertiary/aromatic N) is 6. The van der Waals surface area contributed by atoms with Crippen LogP contribution in [0, 0.1) is 10.1 Å². The summed E-state index contributed by atoms with van der Waals surface area (Å²) in [4.78, 5) is 15.3. The van der Waals surface area contributed by atoms with Gasteiger partial charge in [-0.15, -0.1) is 10.2 Å². The van der Waals surface area contributed by atoms with Gasteiger partial charge in [-0.25, -0.2) is 0 Å². The first-order valence-corrected chi connectivity index (χ1v) is 7.37. The molecule has 0 saturated carbocycles. The second kappa shape index (κ2) is 4.20. The number of aromatic nitrogens is 5. The second-order valence-corrected chi connectivity index (χ2v) is 5.66. The van der Waals surface area contributed by atoms with Crippen LogP contribution in [0.2, 0.25) is 0 Å². The highest BCUT2D eigenvalue weighted by Crippen LogP contribution is 2.27. The molecule has 98 valence electrons. The zero-order valence-electron chi connectivity index (χ0n) is 9.46. The van der Waals surface area contributed by atoms with Crippen LogP contribution in [0.1, 0.15) is 0 Å². The van der Waals surface area contributed by atoms with Crippen molar-refractivity contribution in [3.63, 3.8) is 0 Å². The van der Waals surface area contributed by atoms with Gasteiger partial charge in [-0.1, -0.05) is 11.3 Å². The Morgan fingerprint density at radius 2 is 2.32 bits per heavy atom. The highest BCUT2D eigenvalue weighted by atomic mass is 32.2. The number of hydrogen-bond donors (Lipinski definition) is 0. The van der Waals surface area contributed by atoms with Gasteiger partial charge >= 0.3 is 5.82 Å². The number of nitro groups is 1. The lowest BCUT2D eigenvalue weighted by molar-refractivity contribution is -0.390. The second-order valence-electron chi connectivity index (χ2n) is 3.51. The fourth-order valence-electron chi connectivity index (χ4n) is 1.66. The molecule has 0 spiro atoms. The average molecular weight is 298 g/mol. The number of hydrogen-bond acceptors (Lipinski definition) is 7. The summed E-state index contributed by atoms with van der Waals surface area (Å²) in [6, 6.07) is 0. The molecule has 0 aliphatic heterocycles. The summed E-state index contributed by atoms with van der Waals surface area (Å²) in [6.07, 6.45) is 4.24. The predicted molar refractivity (Wildman–Crippen MR) is 67.0 cm³/mol. The minimum Gasteiger partial charge on any atom is -0.358 e. The van der Waals surface area contributed by atoms with Crippen molar-refractivity contribution in [1.29, 1.82) is 0 Å². The summed E-state index contributed by atoms with van der Waals surface area (Å²) in [5.41, 5.74) is 0. The molecule has 0 unspecified atom stereocenters. The van der Waals surface area contributed by atoms with E-state index in [1.54, 1.807) is 11.6 Å². The molecule has 9 nitrogen and oxygen atoms in total. The SMILES string of the molecule is C[S@](=O)c1nncn1-c1nc2sccn2c1[N+](=O)[O-]. The van der Waals surface area contributed by atoms with E-state index in [9.17, 15) is 14.3 Å². The van der Waals surface area contributed by atoms with Crippen LogP contribution >= 0.6 is 11.3 Å². The fraction of sp³-hybridized carbons (Fsp3) is 0.125. The number of fused-ring (bicyclic) bond motifs is 1. The Balaban J connectivity index is 2.33. The Bertz CT molecular complexity index is 802. The smallest absolute Gasteiger partial charge is 0.358 e. The maximum atomic E-state index is 11.5. The number of thiazole rings is 1. The molecule has 0 aliphatic carbocycles. The summed E-state index contributed by atoms with van der Waals surface area (Å²) >= 11 is 1.27. The third kappa shape index (κ3) is 1.74. The third-order valence-electron chi connectivity index (χ3n) is 2.39. The molecule has 0 N–H and O–H groups in total. The standard InChI is InChI=1S/C8H6N6O3S2/c1-19(17)8-11-9-4-13(8)5-6(14(15)16)12-2-3-18-7(12)10-5/h2-4H,1H3/t19-/m0/s1. The first kappa shape index (κ1) is 11.9. The zero-order valence-corrected chi connectivity index (χ0v) is 11.1. The van der Waals surface area contributed by atoms with Gasteiger partial charge in [-0.2, -0.15) is 9.38 Å². The highest BCUT2D eigenvalue weighted by molar-refractivity contribution is 7.84. The Morgan fingerprint density at radius 1 is 1.53 bits per heavy atom. The van der Waals surface area contributed by atoms with Crippen LogP contribution in [0.15, 0.2) is 23.1 Å². The van der Waals surface area contributed by atoms with Crippen molar-refractivity contribution < 1.29 is 9.13 Å². The molecule has 0 saturated heterocycles. The predicted octanol–water partition coefficient (Wildman–Crippen LogP) is 0.622. The van der Waals surface area contributed by atoms with Crippen LogP contribution in [0.3, 0.4) is 0 Å². The van der Waals surface area contributed by atoms with Gasteiger partial charge in [0.1, 0.15) is 12.5 Å². The quantitative estimate of drug-likeness (QED) is 0.518. The van der Waals surface area contributed by atoms with Crippen molar-refractivity contribution in [2.75, 3.05) is 6.26 Å². The van der Waals surface area contributed by atoms with E-state index < -0.39 is 15.7 Å². The minimum absolute atomic E-state index is 0.0621. The van der Waals surface area contributed by atoms with Crippen LogP contribution in [-0.2, 0) is 10.8 Å². The molecule has 1 atom stereocenters. The molecule has 0 fully saturated rings. The summed E-state index contributed by atoms with van der Waals surface area (Å²) in [5, 5.41) is 20.3. The van der Waals surface area contributed by atoms with Gasteiger partial charge in [-0.05, 0) is 4.92 Å². The van der Waals surface area contributed by atoms with E-state index in [-0.39, 0.29) is 16.8 Å². The molecule has 0 radical (unpaired) electrons. The van der Waals surface area contributed by atoms with Crippen LogP contribution in [0.4, 0.5) is 5.82 Å². The lowest BCUT2D eigenvalue weighted by Gasteiger charge is -2.00. The topological polar surface area (TPSA) is 108 Å². The fourth-order valence-corrected chi connectivity index (χ4v) is 2.94. The van der Waals surface area contributed by atoms with Crippen molar-refractivity contribution in [3.05, 3.63) is 28.0 Å². The zero-order chi connectivity index (χ0) is 13.6. The molecule has 0 aromatic carbocycles. The van der Waals surface area contributed by atoms with E-state index in [4.69, 9.17) is 0 Å². The average Bonchev–Trinajstić information content (AvgIpc) is 3.01. The van der Waals surface area contributed by atoms with Gasteiger partial charge in [0.05, 0.1) is 10.8 Å². The first-order chi connectivity index (χ1) is 9.09. The Kier molecular flexibility index (Phi) is 2.64. The third-order valence-corrected chi connectivity index (χ3v) is 3.94. The molecule has 0 aliphatic rings. The van der Waals surface area contributed by atoms with Gasteiger partial charge in [-0.3, -0.25) is 8.78 Å². The van der Waals surface area contributed by atoms with Gasteiger partial charge in [0, 0.05) is 11.6 Å².